The van der Waals surface area contributed by atoms with Crippen molar-refractivity contribution in [3.8, 4) is 0 Å². The van der Waals surface area contributed by atoms with Crippen LogP contribution in [-0.4, -0.2) is 5.97 Å². The molecule has 0 aromatic rings. The van der Waals surface area contributed by atoms with Gasteiger partial charge in [0.2, 0.25) is 0 Å². The second-order valence-electron chi connectivity index (χ2n) is 0.641. The predicted molar refractivity (Wildman–Crippen MR) is 20.5 cm³/mol. The number of nitrogens with two attached hydrogens (primary N) is 1. The summed E-state index contributed by atoms with van der Waals surface area (Å²) < 4.78 is 0. The van der Waals surface area contributed by atoms with Gasteiger partial charge in [-0.15, -0.1) is 0 Å². The van der Waals surface area contributed by atoms with Gasteiger partial charge in [-0.3, -0.25) is 0 Å². The monoisotopic (exact) mass is 151 g/mol. The van der Waals surface area contributed by atoms with Crippen molar-refractivity contribution in [2.75, 3.05) is 0 Å². The summed E-state index contributed by atoms with van der Waals surface area (Å²) in [4.78, 5) is 13.4. The molecule has 36 valence electrons. The van der Waals surface area contributed by atoms with E-state index in [9.17, 15) is 4.79 Å². The van der Waals surface area contributed by atoms with Crippen molar-refractivity contribution in [1.82, 2.24) is 0 Å². The van der Waals surface area contributed by atoms with Crippen molar-refractivity contribution in [1.29, 1.82) is 0 Å². The number of carbonyl (C=O) groups excluding carboxylic acids is 1. The Hall–Kier alpha value is -0.207. The number of rotatable bonds is 1. The summed E-state index contributed by atoms with van der Waals surface area (Å²) in [5.74, 6) is 3.75. The molecule has 0 radical (unpaired) electrons. The molecule has 7 heavy (non-hydrogen) atoms. The third kappa shape index (κ3) is 5.79. The van der Waals surface area contributed by atoms with Gasteiger partial charge in [-0.05, 0) is 0 Å². The van der Waals surface area contributed by atoms with Crippen molar-refractivity contribution in [2.24, 2.45) is 5.90 Å². The first-order valence-electron chi connectivity index (χ1n) is 1.34. The summed E-state index contributed by atoms with van der Waals surface area (Å²) in [6, 6.07) is 0. The van der Waals surface area contributed by atoms with Crippen LogP contribution < -0.4 is 5.90 Å². The average molecular weight is 152 g/mol. The molecule has 0 amide bonds. The zero-order valence-electron chi connectivity index (χ0n) is 3.89. The van der Waals surface area contributed by atoms with Gasteiger partial charge in [0.1, 0.15) is 0 Å². The molecule has 4 heteroatoms. The summed E-state index contributed by atoms with van der Waals surface area (Å²) in [5, 5.41) is 0. The van der Waals surface area contributed by atoms with Crippen molar-refractivity contribution < 1.29 is 29.1 Å². The molecule has 0 aliphatic heterocycles. The molecule has 0 bridgehead atoms. The van der Waals surface area contributed by atoms with E-state index in [-0.39, 0.29) is 19.5 Å². The Labute approximate surface area is 54.2 Å². The fourth-order valence-electron chi connectivity index (χ4n) is 0.0481. The van der Waals surface area contributed by atoms with E-state index in [0.29, 0.717) is 0 Å². The van der Waals surface area contributed by atoms with Crippen LogP contribution in [0.1, 0.15) is 0 Å². The van der Waals surface area contributed by atoms with Gasteiger partial charge in [-0.25, -0.2) is 4.79 Å². The van der Waals surface area contributed by atoms with Gasteiger partial charge in [0.05, 0.1) is 0 Å². The predicted octanol–water partition coefficient (Wildman–Crippen LogP) is -0.413. The first kappa shape index (κ1) is 9.92. The molecule has 0 spiro atoms. The SMILES string of the molecule is C=CC(=O)ON.[Zn]. The minimum Gasteiger partial charge on any atom is -0.370 e. The normalized spacial score (nSPS) is 5.86. The molecule has 0 aliphatic rings. The summed E-state index contributed by atoms with van der Waals surface area (Å²) in [6.45, 7) is 3.08. The van der Waals surface area contributed by atoms with Crippen LogP contribution in [-0.2, 0) is 29.1 Å². The first-order valence-corrected chi connectivity index (χ1v) is 1.34. The largest absolute Gasteiger partial charge is 0.370 e. The second-order valence-corrected chi connectivity index (χ2v) is 0.641. The van der Waals surface area contributed by atoms with Crippen LogP contribution >= 0.6 is 0 Å². The van der Waals surface area contributed by atoms with E-state index in [0.717, 1.165) is 6.08 Å². The van der Waals surface area contributed by atoms with Crippen molar-refractivity contribution in [3.63, 3.8) is 0 Å². The van der Waals surface area contributed by atoms with Crippen LogP contribution in [0.25, 0.3) is 0 Å². The molecule has 3 nitrogen and oxygen atoms in total. The Morgan fingerprint density at radius 1 is 1.86 bits per heavy atom. The zero-order chi connectivity index (χ0) is 4.99. The molecule has 0 atom stereocenters. The second kappa shape index (κ2) is 5.79. The number of hydrogen-bond donors (Lipinski definition) is 1. The van der Waals surface area contributed by atoms with Gasteiger partial charge in [0.15, 0.2) is 0 Å². The van der Waals surface area contributed by atoms with E-state index >= 15 is 0 Å². The summed E-state index contributed by atoms with van der Waals surface area (Å²) in [7, 11) is 0. The Balaban J connectivity index is 0. The summed E-state index contributed by atoms with van der Waals surface area (Å²) in [5.41, 5.74) is 0. The minimum atomic E-state index is -0.616. The zero-order valence-corrected chi connectivity index (χ0v) is 6.85. The molecule has 0 saturated heterocycles. The third-order valence-corrected chi connectivity index (χ3v) is 0.283. The molecule has 0 fully saturated rings. The van der Waals surface area contributed by atoms with Gasteiger partial charge in [0, 0.05) is 25.6 Å². The van der Waals surface area contributed by atoms with Gasteiger partial charge in [0.25, 0.3) is 0 Å². The fourth-order valence-corrected chi connectivity index (χ4v) is 0.0481. The molecule has 0 heterocycles. The smallest absolute Gasteiger partial charge is 0.348 e. The average Bonchev–Trinajstić information content (AvgIpc) is 1.65. The van der Waals surface area contributed by atoms with Gasteiger partial charge >= 0.3 is 5.97 Å². The van der Waals surface area contributed by atoms with Gasteiger partial charge in [-0.2, -0.15) is 5.90 Å². The maximum atomic E-state index is 9.72. The Kier molecular flexibility index (Phi) is 8.21. The maximum absolute atomic E-state index is 9.72. The van der Waals surface area contributed by atoms with Crippen LogP contribution in [0.3, 0.4) is 0 Å². The number of carbonyl (C=O) groups is 1. The van der Waals surface area contributed by atoms with Crippen LogP contribution in [0.4, 0.5) is 0 Å². The summed E-state index contributed by atoms with van der Waals surface area (Å²) in [6.07, 6.45) is 0.986. The van der Waals surface area contributed by atoms with E-state index in [1.54, 1.807) is 0 Å². The maximum Gasteiger partial charge on any atom is 0.348 e. The number of hydrogen-bond acceptors (Lipinski definition) is 3. The molecule has 0 rings (SSSR count). The molecular weight excluding hydrogens is 147 g/mol. The van der Waals surface area contributed by atoms with Gasteiger partial charge < -0.3 is 4.84 Å². The van der Waals surface area contributed by atoms with Crippen LogP contribution in [0.2, 0.25) is 0 Å². The Bertz CT molecular complexity index is 73.3. The molecule has 0 aliphatic carbocycles. The van der Waals surface area contributed by atoms with Crippen LogP contribution in [0, 0.1) is 0 Å². The van der Waals surface area contributed by atoms with Crippen molar-refractivity contribution in [2.45, 2.75) is 0 Å². The van der Waals surface area contributed by atoms with Crippen LogP contribution in [0.5, 0.6) is 0 Å². The quantitative estimate of drug-likeness (QED) is 0.316. The van der Waals surface area contributed by atoms with Crippen molar-refractivity contribution in [3.05, 3.63) is 12.7 Å². The first-order chi connectivity index (χ1) is 2.81. The molecule has 0 unspecified atom stereocenters. The van der Waals surface area contributed by atoms with Crippen LogP contribution in [0.15, 0.2) is 12.7 Å². The van der Waals surface area contributed by atoms with E-state index in [1.807, 2.05) is 0 Å². The van der Waals surface area contributed by atoms with E-state index in [1.165, 1.54) is 0 Å². The minimum absolute atomic E-state index is 0. The standard InChI is InChI=1S/C3H5NO2.Zn/c1-2-3(5)6-4;/h2H,1,4H2;. The molecular formula is C3H5NO2Zn. The van der Waals surface area contributed by atoms with Gasteiger partial charge in [-0.1, -0.05) is 6.58 Å². The van der Waals surface area contributed by atoms with E-state index in [4.69, 9.17) is 0 Å². The van der Waals surface area contributed by atoms with E-state index < -0.39 is 5.97 Å². The molecule has 0 saturated carbocycles. The Morgan fingerprint density at radius 3 is 2.29 bits per heavy atom. The molecule has 2 N–H and O–H groups in total. The third-order valence-electron chi connectivity index (χ3n) is 0.283. The topological polar surface area (TPSA) is 52.3 Å². The van der Waals surface area contributed by atoms with Crippen molar-refractivity contribution >= 4 is 5.97 Å². The molecule has 0 aromatic carbocycles. The van der Waals surface area contributed by atoms with E-state index in [2.05, 4.69) is 17.3 Å². The summed E-state index contributed by atoms with van der Waals surface area (Å²) >= 11 is 0. The fraction of sp³-hybridized carbons (Fsp3) is 0. The molecule has 0 aromatic heterocycles. The Morgan fingerprint density at radius 2 is 2.29 bits per heavy atom.